The van der Waals surface area contributed by atoms with Gasteiger partial charge in [-0.1, -0.05) is 25.4 Å². The number of rotatable bonds is 3. The van der Waals surface area contributed by atoms with Crippen LogP contribution in [0, 0.1) is 0 Å². The van der Waals surface area contributed by atoms with Crippen LogP contribution in [0.1, 0.15) is 31.0 Å². The first-order chi connectivity index (χ1) is 9.61. The van der Waals surface area contributed by atoms with E-state index in [2.05, 4.69) is 19.2 Å². The van der Waals surface area contributed by atoms with Gasteiger partial charge in [-0.25, -0.2) is 4.68 Å². The van der Waals surface area contributed by atoms with Gasteiger partial charge in [-0.05, 0) is 30.5 Å². The summed E-state index contributed by atoms with van der Waals surface area (Å²) in [5.41, 5.74) is 3.33. The summed E-state index contributed by atoms with van der Waals surface area (Å²) in [5, 5.41) is 8.86. The fourth-order valence-electron chi connectivity index (χ4n) is 2.67. The molecular formula is C15H18ClN3O. The molecule has 0 unspecified atom stereocenters. The highest BCUT2D eigenvalue weighted by Crippen LogP contribution is 2.35. The number of anilines is 1. The van der Waals surface area contributed by atoms with Gasteiger partial charge >= 0.3 is 0 Å². The molecule has 0 bridgehead atoms. The standard InChI is InChI=1S/C15H18ClN3O/c1-9(2)14-11-6-7-17-15(11)19(18-14)12-8-10(16)4-5-13(12)20-3/h4-5,8-9,17H,6-7H2,1-3H3. The van der Waals surface area contributed by atoms with Crippen molar-refractivity contribution in [2.75, 3.05) is 19.0 Å². The number of fused-ring (bicyclic) bond motifs is 1. The minimum Gasteiger partial charge on any atom is -0.494 e. The second-order valence-electron chi connectivity index (χ2n) is 5.27. The van der Waals surface area contributed by atoms with Crippen LogP contribution in [0.25, 0.3) is 5.69 Å². The Hall–Kier alpha value is -1.68. The Kier molecular flexibility index (Phi) is 3.34. The predicted octanol–water partition coefficient (Wildman–Crippen LogP) is 3.63. The Balaban J connectivity index is 2.21. The van der Waals surface area contributed by atoms with Gasteiger partial charge in [-0.15, -0.1) is 0 Å². The summed E-state index contributed by atoms with van der Waals surface area (Å²) in [7, 11) is 1.66. The normalized spacial score (nSPS) is 13.4. The smallest absolute Gasteiger partial charge is 0.144 e. The van der Waals surface area contributed by atoms with Crippen molar-refractivity contribution in [2.45, 2.75) is 26.2 Å². The number of halogens is 1. The number of hydrogen-bond donors (Lipinski definition) is 1. The largest absolute Gasteiger partial charge is 0.494 e. The van der Waals surface area contributed by atoms with Crippen LogP contribution < -0.4 is 10.1 Å². The van der Waals surface area contributed by atoms with Gasteiger partial charge in [0.2, 0.25) is 0 Å². The molecule has 1 aliphatic rings. The first-order valence-corrected chi connectivity index (χ1v) is 7.19. The molecule has 2 heterocycles. The van der Waals surface area contributed by atoms with E-state index < -0.39 is 0 Å². The highest BCUT2D eigenvalue weighted by Gasteiger charge is 2.25. The number of aromatic nitrogens is 2. The Morgan fingerprint density at radius 2 is 2.20 bits per heavy atom. The zero-order valence-electron chi connectivity index (χ0n) is 11.9. The van der Waals surface area contributed by atoms with E-state index in [4.69, 9.17) is 21.4 Å². The van der Waals surface area contributed by atoms with Crippen molar-refractivity contribution in [1.29, 1.82) is 0 Å². The maximum absolute atomic E-state index is 6.13. The molecule has 2 aromatic rings. The van der Waals surface area contributed by atoms with E-state index in [-0.39, 0.29) is 0 Å². The van der Waals surface area contributed by atoms with Crippen LogP contribution >= 0.6 is 11.6 Å². The van der Waals surface area contributed by atoms with Crippen LogP contribution in [0.5, 0.6) is 5.75 Å². The van der Waals surface area contributed by atoms with Crippen LogP contribution in [0.3, 0.4) is 0 Å². The summed E-state index contributed by atoms with van der Waals surface area (Å²) in [4.78, 5) is 0. The second-order valence-corrected chi connectivity index (χ2v) is 5.71. The van der Waals surface area contributed by atoms with Crippen LogP contribution in [0.4, 0.5) is 5.82 Å². The second kappa shape index (κ2) is 5.02. The fourth-order valence-corrected chi connectivity index (χ4v) is 2.83. The average Bonchev–Trinajstić information content (AvgIpc) is 2.99. The molecule has 0 amide bonds. The first kappa shape index (κ1) is 13.3. The van der Waals surface area contributed by atoms with Gasteiger partial charge in [0.1, 0.15) is 17.3 Å². The molecule has 5 heteroatoms. The molecular weight excluding hydrogens is 274 g/mol. The average molecular weight is 292 g/mol. The molecule has 0 saturated carbocycles. The summed E-state index contributed by atoms with van der Waals surface area (Å²) in [6.45, 7) is 5.29. The molecule has 20 heavy (non-hydrogen) atoms. The van der Waals surface area contributed by atoms with E-state index in [0.717, 1.165) is 35.9 Å². The molecule has 106 valence electrons. The molecule has 0 fully saturated rings. The van der Waals surface area contributed by atoms with Crippen molar-refractivity contribution in [3.8, 4) is 11.4 Å². The maximum atomic E-state index is 6.13. The number of hydrogen-bond acceptors (Lipinski definition) is 3. The highest BCUT2D eigenvalue weighted by atomic mass is 35.5. The quantitative estimate of drug-likeness (QED) is 0.938. The summed E-state index contributed by atoms with van der Waals surface area (Å²) in [5.74, 6) is 2.23. The maximum Gasteiger partial charge on any atom is 0.144 e. The van der Waals surface area contributed by atoms with Gasteiger partial charge in [-0.2, -0.15) is 5.10 Å². The van der Waals surface area contributed by atoms with Gasteiger partial charge in [0, 0.05) is 17.1 Å². The van der Waals surface area contributed by atoms with Gasteiger partial charge < -0.3 is 10.1 Å². The van der Waals surface area contributed by atoms with Crippen molar-refractivity contribution in [2.24, 2.45) is 0 Å². The van der Waals surface area contributed by atoms with Crippen LogP contribution in [-0.4, -0.2) is 23.4 Å². The third kappa shape index (κ3) is 2.04. The molecule has 4 nitrogen and oxygen atoms in total. The third-order valence-corrected chi connectivity index (χ3v) is 3.83. The highest BCUT2D eigenvalue weighted by molar-refractivity contribution is 6.30. The number of ether oxygens (including phenoxy) is 1. The lowest BCUT2D eigenvalue weighted by molar-refractivity contribution is 0.412. The van der Waals surface area contributed by atoms with E-state index >= 15 is 0 Å². The lowest BCUT2D eigenvalue weighted by Gasteiger charge is -2.11. The molecule has 0 atom stereocenters. The van der Waals surface area contributed by atoms with Crippen molar-refractivity contribution in [3.05, 3.63) is 34.5 Å². The molecule has 0 spiro atoms. The van der Waals surface area contributed by atoms with E-state index in [1.54, 1.807) is 7.11 Å². The topological polar surface area (TPSA) is 39.1 Å². The number of nitrogens with one attached hydrogen (secondary N) is 1. The van der Waals surface area contributed by atoms with Crippen LogP contribution in [-0.2, 0) is 6.42 Å². The fraction of sp³-hybridized carbons (Fsp3) is 0.400. The summed E-state index contributed by atoms with van der Waals surface area (Å²) < 4.78 is 7.36. The number of benzene rings is 1. The van der Waals surface area contributed by atoms with Gasteiger partial charge in [0.15, 0.2) is 0 Å². The van der Waals surface area contributed by atoms with Crippen molar-refractivity contribution >= 4 is 17.4 Å². The minimum atomic E-state index is 0.398. The Labute approximate surface area is 123 Å². The Morgan fingerprint density at radius 3 is 2.90 bits per heavy atom. The Morgan fingerprint density at radius 1 is 1.40 bits per heavy atom. The Bertz CT molecular complexity index is 649. The SMILES string of the molecule is COc1ccc(Cl)cc1-n1nc(C(C)C)c2c1NCC2. The summed E-state index contributed by atoms with van der Waals surface area (Å²) in [6, 6.07) is 5.58. The van der Waals surface area contributed by atoms with Gasteiger partial charge in [0.25, 0.3) is 0 Å². The monoisotopic (exact) mass is 291 g/mol. The molecule has 0 radical (unpaired) electrons. The van der Waals surface area contributed by atoms with Gasteiger partial charge in [-0.3, -0.25) is 0 Å². The van der Waals surface area contributed by atoms with E-state index in [0.29, 0.717) is 10.9 Å². The van der Waals surface area contributed by atoms with Crippen molar-refractivity contribution in [1.82, 2.24) is 9.78 Å². The summed E-state index contributed by atoms with van der Waals surface area (Å²) >= 11 is 6.13. The van der Waals surface area contributed by atoms with E-state index in [1.807, 2.05) is 22.9 Å². The number of methoxy groups -OCH3 is 1. The third-order valence-electron chi connectivity index (χ3n) is 3.60. The molecule has 3 rings (SSSR count). The molecule has 1 aromatic heterocycles. The van der Waals surface area contributed by atoms with Crippen LogP contribution in [0.15, 0.2) is 18.2 Å². The van der Waals surface area contributed by atoms with Crippen LogP contribution in [0.2, 0.25) is 5.02 Å². The molecule has 0 aliphatic carbocycles. The zero-order chi connectivity index (χ0) is 14.3. The minimum absolute atomic E-state index is 0.398. The number of nitrogens with zero attached hydrogens (tertiary/aromatic N) is 2. The molecule has 1 N–H and O–H groups in total. The molecule has 0 saturated heterocycles. The zero-order valence-corrected chi connectivity index (χ0v) is 12.7. The molecule has 1 aliphatic heterocycles. The predicted molar refractivity (Wildman–Crippen MR) is 81.4 cm³/mol. The van der Waals surface area contributed by atoms with E-state index in [9.17, 15) is 0 Å². The van der Waals surface area contributed by atoms with Crippen molar-refractivity contribution < 1.29 is 4.74 Å². The van der Waals surface area contributed by atoms with E-state index in [1.165, 1.54) is 5.56 Å². The van der Waals surface area contributed by atoms with Gasteiger partial charge in [0.05, 0.1) is 12.8 Å². The lowest BCUT2D eigenvalue weighted by atomic mass is 10.1. The molecule has 1 aromatic carbocycles. The summed E-state index contributed by atoms with van der Waals surface area (Å²) in [6.07, 6.45) is 1.02. The van der Waals surface area contributed by atoms with Crippen molar-refractivity contribution in [3.63, 3.8) is 0 Å². The lowest BCUT2D eigenvalue weighted by Crippen LogP contribution is -2.06. The first-order valence-electron chi connectivity index (χ1n) is 6.81.